The van der Waals surface area contributed by atoms with Crippen molar-refractivity contribution >= 4 is 67.8 Å². The molecule has 0 amide bonds. The minimum atomic E-state index is -2.69. The molecule has 2 nitrogen and oxygen atoms in total. The van der Waals surface area contributed by atoms with E-state index in [4.69, 9.17) is 4.42 Å². The Morgan fingerprint density at radius 2 is 0.603 bits per heavy atom. The average molecular weight is 822 g/mol. The van der Waals surface area contributed by atoms with Crippen molar-refractivity contribution in [2.24, 2.45) is 0 Å². The lowest BCUT2D eigenvalue weighted by atomic mass is 10.0. The highest BCUT2D eigenvalue weighted by molar-refractivity contribution is 7.19. The zero-order chi connectivity index (χ0) is 42.0. The number of nitrogens with zero attached hydrogens (tertiary/aromatic N) is 1. The van der Waals surface area contributed by atoms with Crippen LogP contribution in [0.4, 0.5) is 17.1 Å². The van der Waals surface area contributed by atoms with E-state index in [1.165, 1.54) is 54.1 Å². The number of anilines is 3. The summed E-state index contributed by atoms with van der Waals surface area (Å²) in [5, 5.41) is 7.63. The van der Waals surface area contributed by atoms with Gasteiger partial charge in [0.05, 0.1) is 0 Å². The van der Waals surface area contributed by atoms with Crippen LogP contribution >= 0.6 is 0 Å². The first-order valence-electron chi connectivity index (χ1n) is 21.6. The van der Waals surface area contributed by atoms with Gasteiger partial charge < -0.3 is 9.32 Å². The second-order valence-electron chi connectivity index (χ2n) is 16.1. The molecule has 0 bridgehead atoms. The largest absolute Gasteiger partial charge is 0.456 e. The Kier molecular flexibility index (Phi) is 9.93. The molecule has 11 rings (SSSR count). The van der Waals surface area contributed by atoms with E-state index in [-0.39, 0.29) is 0 Å². The normalized spacial score (nSPS) is 11.5. The van der Waals surface area contributed by atoms with Crippen LogP contribution in [0.5, 0.6) is 0 Å². The summed E-state index contributed by atoms with van der Waals surface area (Å²) < 4.78 is 6.42. The minimum absolute atomic E-state index is 0.870. The van der Waals surface area contributed by atoms with Gasteiger partial charge in [-0.15, -0.1) is 0 Å². The molecule has 0 fully saturated rings. The van der Waals surface area contributed by atoms with Crippen LogP contribution in [0.1, 0.15) is 0 Å². The molecule has 0 saturated heterocycles. The number of hydrogen-bond donors (Lipinski definition) is 0. The van der Waals surface area contributed by atoms with Crippen LogP contribution in [0.2, 0.25) is 0 Å². The van der Waals surface area contributed by atoms with Gasteiger partial charge in [0.15, 0.2) is 8.07 Å². The van der Waals surface area contributed by atoms with Crippen LogP contribution in [-0.4, -0.2) is 8.07 Å². The van der Waals surface area contributed by atoms with E-state index in [1.807, 2.05) is 0 Å². The first kappa shape index (κ1) is 38.0. The van der Waals surface area contributed by atoms with Gasteiger partial charge in [-0.05, 0) is 109 Å². The molecule has 63 heavy (non-hydrogen) atoms. The maximum Gasteiger partial charge on any atom is 0.179 e. The van der Waals surface area contributed by atoms with Crippen molar-refractivity contribution < 1.29 is 4.42 Å². The molecule has 1 aromatic heterocycles. The molecule has 298 valence electrons. The van der Waals surface area contributed by atoms with Gasteiger partial charge in [0.1, 0.15) is 11.2 Å². The molecular weight excluding hydrogens is 779 g/mol. The van der Waals surface area contributed by atoms with E-state index < -0.39 is 8.07 Å². The van der Waals surface area contributed by atoms with Crippen LogP contribution in [0.25, 0.3) is 55.3 Å². The zero-order valence-electron chi connectivity index (χ0n) is 34.7. The molecule has 10 aromatic carbocycles. The minimum Gasteiger partial charge on any atom is -0.456 e. The number of hydrogen-bond acceptors (Lipinski definition) is 2. The Morgan fingerprint density at radius 3 is 1.13 bits per heavy atom. The van der Waals surface area contributed by atoms with Gasteiger partial charge in [-0.3, -0.25) is 0 Å². The topological polar surface area (TPSA) is 16.4 Å². The van der Waals surface area contributed by atoms with Crippen LogP contribution in [0.3, 0.4) is 0 Å². The molecule has 0 saturated carbocycles. The van der Waals surface area contributed by atoms with Crippen molar-refractivity contribution in [3.8, 4) is 33.4 Å². The molecule has 1 heterocycles. The molecule has 0 N–H and O–H groups in total. The second-order valence-corrected chi connectivity index (χ2v) is 19.9. The van der Waals surface area contributed by atoms with Crippen molar-refractivity contribution in [1.82, 2.24) is 0 Å². The van der Waals surface area contributed by atoms with Crippen molar-refractivity contribution in [2.45, 2.75) is 0 Å². The van der Waals surface area contributed by atoms with Gasteiger partial charge in [-0.1, -0.05) is 206 Å². The number of rotatable bonds is 10. The third-order valence-corrected chi connectivity index (χ3v) is 17.2. The fraction of sp³-hybridized carbons (Fsp3) is 0. The quantitative estimate of drug-likeness (QED) is 0.101. The van der Waals surface area contributed by atoms with E-state index in [1.54, 1.807) is 0 Å². The highest BCUT2D eigenvalue weighted by atomic mass is 28.3. The summed E-state index contributed by atoms with van der Waals surface area (Å²) >= 11 is 0. The lowest BCUT2D eigenvalue weighted by Gasteiger charge is -2.34. The molecule has 3 heteroatoms. The molecular formula is C60H43NOSi. The fourth-order valence-electron chi connectivity index (χ4n) is 9.39. The summed E-state index contributed by atoms with van der Waals surface area (Å²) in [7, 11) is -2.69. The van der Waals surface area contributed by atoms with Crippen molar-refractivity contribution in [3.63, 3.8) is 0 Å². The molecule has 0 aliphatic heterocycles. The Labute approximate surface area is 369 Å². The number of fused-ring (bicyclic) bond motifs is 3. The molecule has 11 aromatic rings. The van der Waals surface area contributed by atoms with E-state index >= 15 is 0 Å². The highest BCUT2D eigenvalue weighted by Crippen LogP contribution is 2.40. The van der Waals surface area contributed by atoms with Crippen molar-refractivity contribution in [2.75, 3.05) is 4.90 Å². The zero-order valence-corrected chi connectivity index (χ0v) is 35.7. The predicted octanol–water partition coefficient (Wildman–Crippen LogP) is 13.4. The standard InChI is InChI=1S/C60H43NOSi/c1-6-17-44(18-7-1)46-29-34-50(35-30-46)61(52-38-40-60-58(43-52)57-42-49(33-39-59(57)62-60)45-19-8-2-9-20-45)51-36-31-47(32-37-51)48-21-16-28-56(41-48)63(53-22-10-3-11-23-53,54-24-12-4-13-25-54)55-26-14-5-15-27-55/h1-43H. The lowest BCUT2D eigenvalue weighted by molar-refractivity contribution is 0.669. The van der Waals surface area contributed by atoms with Crippen LogP contribution in [0.15, 0.2) is 265 Å². The van der Waals surface area contributed by atoms with Crippen LogP contribution in [-0.2, 0) is 0 Å². The Morgan fingerprint density at radius 1 is 0.254 bits per heavy atom. The second kappa shape index (κ2) is 16.5. The lowest BCUT2D eigenvalue weighted by Crippen LogP contribution is -2.74. The average Bonchev–Trinajstić information content (AvgIpc) is 3.74. The molecule has 0 spiro atoms. The van der Waals surface area contributed by atoms with Gasteiger partial charge in [0, 0.05) is 27.8 Å². The summed E-state index contributed by atoms with van der Waals surface area (Å²) in [6.45, 7) is 0. The number of furan rings is 1. The molecule has 0 atom stereocenters. The van der Waals surface area contributed by atoms with Crippen LogP contribution in [0, 0.1) is 0 Å². The highest BCUT2D eigenvalue weighted by Gasteiger charge is 2.41. The number of benzene rings is 10. The van der Waals surface area contributed by atoms with E-state index in [0.29, 0.717) is 0 Å². The van der Waals surface area contributed by atoms with E-state index in [0.717, 1.165) is 39.0 Å². The molecule has 0 radical (unpaired) electrons. The predicted molar refractivity (Wildman–Crippen MR) is 268 cm³/mol. The third-order valence-electron chi connectivity index (χ3n) is 12.4. The van der Waals surface area contributed by atoms with Crippen LogP contribution < -0.4 is 25.6 Å². The van der Waals surface area contributed by atoms with Gasteiger partial charge in [-0.25, -0.2) is 0 Å². The van der Waals surface area contributed by atoms with Gasteiger partial charge >= 0.3 is 0 Å². The smallest absolute Gasteiger partial charge is 0.179 e. The summed E-state index contributed by atoms with van der Waals surface area (Å²) in [5.74, 6) is 0. The molecule has 0 aliphatic rings. The van der Waals surface area contributed by atoms with Crippen molar-refractivity contribution in [3.05, 3.63) is 261 Å². The fourth-order valence-corrected chi connectivity index (χ4v) is 14.2. The maximum absolute atomic E-state index is 6.42. The SMILES string of the molecule is c1ccc(-c2ccc(N(c3ccc(-c4cccc([Si](c5ccccc5)(c5ccccc5)c5ccccc5)c4)cc3)c3ccc4oc5ccc(-c6ccccc6)cc5c4c3)cc2)cc1. The Balaban J connectivity index is 1.02. The monoisotopic (exact) mass is 821 g/mol. The van der Waals surface area contributed by atoms with Crippen molar-refractivity contribution in [1.29, 1.82) is 0 Å². The summed E-state index contributed by atoms with van der Waals surface area (Å²) in [6.07, 6.45) is 0. The summed E-state index contributed by atoms with van der Waals surface area (Å²) in [5.41, 5.74) is 12.0. The summed E-state index contributed by atoms with van der Waals surface area (Å²) in [6, 6.07) is 94.8. The molecule has 0 aliphatic carbocycles. The van der Waals surface area contributed by atoms with Gasteiger partial charge in [0.25, 0.3) is 0 Å². The Hall–Kier alpha value is -7.98. The first-order chi connectivity index (χ1) is 31.2. The summed E-state index contributed by atoms with van der Waals surface area (Å²) in [4.78, 5) is 2.35. The van der Waals surface area contributed by atoms with Gasteiger partial charge in [0.2, 0.25) is 0 Å². The van der Waals surface area contributed by atoms with E-state index in [2.05, 4.69) is 266 Å². The molecule has 0 unspecified atom stereocenters. The van der Waals surface area contributed by atoms with Gasteiger partial charge in [-0.2, -0.15) is 0 Å². The first-order valence-corrected chi connectivity index (χ1v) is 23.6. The Bertz CT molecular complexity index is 3200. The van der Waals surface area contributed by atoms with E-state index in [9.17, 15) is 0 Å². The maximum atomic E-state index is 6.42. The third kappa shape index (κ3) is 7.05.